The maximum atomic E-state index is 12.8. The molecule has 0 aromatic heterocycles. The Morgan fingerprint density at radius 2 is 2.00 bits per heavy atom. The van der Waals surface area contributed by atoms with Crippen molar-refractivity contribution in [2.45, 2.75) is 25.3 Å². The third kappa shape index (κ3) is 2.45. The first kappa shape index (κ1) is 13.9. The summed E-state index contributed by atoms with van der Waals surface area (Å²) in [5, 5.41) is 0.715. The number of rotatable bonds is 2. The van der Waals surface area contributed by atoms with Crippen molar-refractivity contribution < 1.29 is 4.79 Å². The van der Waals surface area contributed by atoms with Crippen LogP contribution in [0.5, 0.6) is 0 Å². The van der Waals surface area contributed by atoms with Gasteiger partial charge in [0.05, 0.1) is 5.92 Å². The molecule has 2 heterocycles. The number of carbonyl (C=O) groups is 1. The maximum Gasteiger partial charge on any atom is 0.230 e. The Bertz CT molecular complexity index is 502. The molecule has 2 aliphatic rings. The summed E-state index contributed by atoms with van der Waals surface area (Å²) in [4.78, 5) is 17.2. The topological polar surface area (TPSA) is 23.6 Å². The van der Waals surface area contributed by atoms with E-state index in [0.29, 0.717) is 17.0 Å². The molecule has 1 amide bonds. The van der Waals surface area contributed by atoms with Crippen molar-refractivity contribution in [2.75, 3.05) is 26.7 Å². The molecule has 3 atom stereocenters. The van der Waals surface area contributed by atoms with Gasteiger partial charge in [0, 0.05) is 30.7 Å². The van der Waals surface area contributed by atoms with E-state index in [2.05, 4.69) is 16.8 Å². The highest BCUT2D eigenvalue weighted by Gasteiger charge is 2.43. The summed E-state index contributed by atoms with van der Waals surface area (Å²) in [5.74, 6) is 0.841. The lowest BCUT2D eigenvalue weighted by Crippen LogP contribution is -2.41. The number of hydrogen-bond acceptors (Lipinski definition) is 2. The van der Waals surface area contributed by atoms with E-state index < -0.39 is 0 Å². The molecule has 0 saturated carbocycles. The van der Waals surface area contributed by atoms with Crippen molar-refractivity contribution in [3.63, 3.8) is 0 Å². The second-order valence-electron chi connectivity index (χ2n) is 6.14. The van der Waals surface area contributed by atoms with Crippen LogP contribution >= 0.6 is 11.6 Å². The van der Waals surface area contributed by atoms with Crippen LogP contribution < -0.4 is 0 Å². The summed E-state index contributed by atoms with van der Waals surface area (Å²) in [6, 6.07) is 8.05. The van der Waals surface area contributed by atoms with Gasteiger partial charge in [0.2, 0.25) is 5.91 Å². The van der Waals surface area contributed by atoms with Crippen LogP contribution in [0, 0.1) is 5.92 Å². The van der Waals surface area contributed by atoms with E-state index in [0.717, 1.165) is 31.6 Å². The van der Waals surface area contributed by atoms with Gasteiger partial charge in [0.15, 0.2) is 0 Å². The van der Waals surface area contributed by atoms with Crippen LogP contribution in [0.1, 0.15) is 24.8 Å². The number of benzene rings is 1. The highest BCUT2D eigenvalue weighted by Crippen LogP contribution is 2.33. The van der Waals surface area contributed by atoms with Crippen molar-refractivity contribution in [1.29, 1.82) is 0 Å². The highest BCUT2D eigenvalue weighted by molar-refractivity contribution is 6.30. The van der Waals surface area contributed by atoms with E-state index in [-0.39, 0.29) is 11.8 Å². The standard InChI is InChI=1S/C16H21ClN2O/c1-11(12-3-5-14(17)6-4-12)16(20)19-8-7-13-9-18(2)10-15(13)19/h3-6,11,13,15H,7-10H2,1-2H3/t11?,13-,15+/m1/s1. The number of nitrogens with zero attached hydrogens (tertiary/aromatic N) is 2. The molecule has 20 heavy (non-hydrogen) atoms. The molecular formula is C16H21ClN2O. The summed E-state index contributed by atoms with van der Waals surface area (Å²) < 4.78 is 0. The first-order valence-corrected chi connectivity index (χ1v) is 7.68. The lowest BCUT2D eigenvalue weighted by atomic mass is 9.99. The molecule has 0 radical (unpaired) electrons. The molecule has 108 valence electrons. The van der Waals surface area contributed by atoms with Crippen molar-refractivity contribution in [2.24, 2.45) is 5.92 Å². The van der Waals surface area contributed by atoms with Crippen LogP contribution in [0.15, 0.2) is 24.3 Å². The van der Waals surface area contributed by atoms with E-state index in [4.69, 9.17) is 11.6 Å². The number of fused-ring (bicyclic) bond motifs is 1. The average Bonchev–Trinajstić information content (AvgIpc) is 2.96. The molecule has 2 fully saturated rings. The predicted molar refractivity (Wildman–Crippen MR) is 81.0 cm³/mol. The largest absolute Gasteiger partial charge is 0.338 e. The number of halogens is 1. The Labute approximate surface area is 125 Å². The number of amides is 1. The fourth-order valence-corrected chi connectivity index (χ4v) is 3.71. The van der Waals surface area contributed by atoms with Crippen LogP contribution in [-0.2, 0) is 4.79 Å². The van der Waals surface area contributed by atoms with E-state index in [1.807, 2.05) is 31.2 Å². The second-order valence-corrected chi connectivity index (χ2v) is 6.58. The summed E-state index contributed by atoms with van der Waals surface area (Å²) >= 11 is 5.91. The third-order valence-electron chi connectivity index (χ3n) is 4.75. The molecule has 0 N–H and O–H groups in total. The first-order valence-electron chi connectivity index (χ1n) is 7.30. The molecule has 2 saturated heterocycles. The lowest BCUT2D eigenvalue weighted by molar-refractivity contribution is -0.133. The zero-order chi connectivity index (χ0) is 14.3. The second kappa shape index (κ2) is 5.38. The molecule has 0 bridgehead atoms. The Morgan fingerprint density at radius 1 is 1.30 bits per heavy atom. The zero-order valence-electron chi connectivity index (χ0n) is 12.1. The van der Waals surface area contributed by atoms with Gasteiger partial charge in [0.25, 0.3) is 0 Å². The molecular weight excluding hydrogens is 272 g/mol. The van der Waals surface area contributed by atoms with Gasteiger partial charge in [-0.05, 0) is 44.0 Å². The fourth-order valence-electron chi connectivity index (χ4n) is 3.59. The Kier molecular flexibility index (Phi) is 3.74. The molecule has 3 rings (SSSR count). The maximum absolute atomic E-state index is 12.8. The fraction of sp³-hybridized carbons (Fsp3) is 0.562. The summed E-state index contributed by atoms with van der Waals surface area (Å²) in [6.45, 7) is 5.06. The molecule has 4 heteroatoms. The van der Waals surface area contributed by atoms with E-state index >= 15 is 0 Å². The monoisotopic (exact) mass is 292 g/mol. The van der Waals surface area contributed by atoms with Crippen LogP contribution in [-0.4, -0.2) is 48.4 Å². The van der Waals surface area contributed by atoms with Gasteiger partial charge >= 0.3 is 0 Å². The predicted octanol–water partition coefficient (Wildman–Crippen LogP) is 2.61. The van der Waals surface area contributed by atoms with Crippen molar-refractivity contribution in [3.05, 3.63) is 34.9 Å². The lowest BCUT2D eigenvalue weighted by Gasteiger charge is -2.27. The Morgan fingerprint density at radius 3 is 2.70 bits per heavy atom. The molecule has 1 aromatic rings. The summed E-state index contributed by atoms with van der Waals surface area (Å²) in [5.41, 5.74) is 1.05. The molecule has 1 aromatic carbocycles. The van der Waals surface area contributed by atoms with Crippen LogP contribution in [0.4, 0.5) is 0 Å². The van der Waals surface area contributed by atoms with Gasteiger partial charge in [-0.15, -0.1) is 0 Å². The summed E-state index contributed by atoms with van der Waals surface area (Å²) in [6.07, 6.45) is 1.15. The van der Waals surface area contributed by atoms with Gasteiger partial charge in [-0.25, -0.2) is 0 Å². The van der Waals surface area contributed by atoms with E-state index in [1.54, 1.807) is 0 Å². The molecule has 2 aliphatic heterocycles. The minimum Gasteiger partial charge on any atom is -0.338 e. The minimum atomic E-state index is -0.0862. The van der Waals surface area contributed by atoms with Gasteiger partial charge in [-0.2, -0.15) is 0 Å². The quantitative estimate of drug-likeness (QED) is 0.836. The number of hydrogen-bond donors (Lipinski definition) is 0. The van der Waals surface area contributed by atoms with Gasteiger partial charge in [-0.3, -0.25) is 4.79 Å². The Balaban J connectivity index is 1.74. The van der Waals surface area contributed by atoms with Crippen molar-refractivity contribution >= 4 is 17.5 Å². The van der Waals surface area contributed by atoms with Gasteiger partial charge in [-0.1, -0.05) is 23.7 Å². The molecule has 0 spiro atoms. The average molecular weight is 293 g/mol. The van der Waals surface area contributed by atoms with E-state index in [1.165, 1.54) is 0 Å². The number of likely N-dealkylation sites (tertiary alicyclic amines) is 2. The first-order chi connectivity index (χ1) is 9.56. The third-order valence-corrected chi connectivity index (χ3v) is 5.01. The highest BCUT2D eigenvalue weighted by atomic mass is 35.5. The minimum absolute atomic E-state index is 0.0862. The van der Waals surface area contributed by atoms with Gasteiger partial charge in [0.1, 0.15) is 0 Å². The zero-order valence-corrected chi connectivity index (χ0v) is 12.8. The number of likely N-dealkylation sites (N-methyl/N-ethyl adjacent to an activating group) is 1. The molecule has 0 aliphatic carbocycles. The SMILES string of the molecule is CC(C(=O)N1CC[C@@H]2CN(C)C[C@@H]21)c1ccc(Cl)cc1. The van der Waals surface area contributed by atoms with Crippen LogP contribution in [0.2, 0.25) is 5.02 Å². The van der Waals surface area contributed by atoms with E-state index in [9.17, 15) is 4.79 Å². The van der Waals surface area contributed by atoms with Crippen molar-refractivity contribution in [3.8, 4) is 0 Å². The van der Waals surface area contributed by atoms with Crippen molar-refractivity contribution in [1.82, 2.24) is 9.80 Å². The van der Waals surface area contributed by atoms with Crippen LogP contribution in [0.3, 0.4) is 0 Å². The molecule has 1 unspecified atom stereocenters. The number of carbonyl (C=O) groups excluding carboxylic acids is 1. The Hall–Kier alpha value is -1.06. The normalized spacial score (nSPS) is 27.6. The summed E-state index contributed by atoms with van der Waals surface area (Å²) in [7, 11) is 2.14. The van der Waals surface area contributed by atoms with Gasteiger partial charge < -0.3 is 9.80 Å². The smallest absolute Gasteiger partial charge is 0.230 e. The van der Waals surface area contributed by atoms with Crippen LogP contribution in [0.25, 0.3) is 0 Å². The molecule has 3 nitrogen and oxygen atoms in total.